The molecule has 1 amide bonds. The van der Waals surface area contributed by atoms with Crippen molar-refractivity contribution in [2.24, 2.45) is 0 Å². The number of aromatic nitrogens is 3. The van der Waals surface area contributed by atoms with Gasteiger partial charge in [-0.15, -0.1) is 0 Å². The molecule has 0 bridgehead atoms. The SMILES string of the molecule is CCOC(=O)c1ccc(N2CCN(c3ccc(C(=O)Nc4nc(-c5ccccc5)ns4)cn3)CC2)cc1. The minimum absolute atomic E-state index is 0.272. The number of carbonyl (C=O) groups is 2. The van der Waals surface area contributed by atoms with E-state index in [0.717, 1.165) is 54.8 Å². The van der Waals surface area contributed by atoms with Crippen LogP contribution in [-0.2, 0) is 4.74 Å². The van der Waals surface area contributed by atoms with Crippen LogP contribution in [-0.4, -0.2) is 59.0 Å². The molecule has 9 nitrogen and oxygen atoms in total. The number of nitrogens with one attached hydrogen (secondary N) is 1. The lowest BCUT2D eigenvalue weighted by Gasteiger charge is -2.36. The van der Waals surface area contributed by atoms with Gasteiger partial charge in [-0.3, -0.25) is 10.1 Å². The lowest BCUT2D eigenvalue weighted by molar-refractivity contribution is 0.0526. The Kier molecular flexibility index (Phi) is 7.36. The molecule has 0 radical (unpaired) electrons. The van der Waals surface area contributed by atoms with Gasteiger partial charge in [0.1, 0.15) is 5.82 Å². The Bertz CT molecular complexity index is 1350. The van der Waals surface area contributed by atoms with Crippen molar-refractivity contribution in [3.63, 3.8) is 0 Å². The maximum Gasteiger partial charge on any atom is 0.338 e. The Hall–Kier alpha value is -4.31. The fourth-order valence-corrected chi connectivity index (χ4v) is 4.66. The van der Waals surface area contributed by atoms with Crippen LogP contribution in [0.1, 0.15) is 27.6 Å². The molecule has 0 atom stereocenters. The zero-order chi connectivity index (χ0) is 25.6. The first-order chi connectivity index (χ1) is 18.1. The number of amides is 1. The summed E-state index contributed by atoms with van der Waals surface area (Å²) < 4.78 is 9.37. The van der Waals surface area contributed by atoms with Crippen molar-refractivity contribution >= 4 is 40.0 Å². The molecule has 0 aliphatic carbocycles. The van der Waals surface area contributed by atoms with E-state index in [1.54, 1.807) is 31.3 Å². The summed E-state index contributed by atoms with van der Waals surface area (Å²) in [7, 11) is 0. The van der Waals surface area contributed by atoms with E-state index in [1.807, 2.05) is 48.5 Å². The molecule has 3 heterocycles. The average Bonchev–Trinajstić information content (AvgIpc) is 3.42. The zero-order valence-electron chi connectivity index (χ0n) is 20.3. The third-order valence-electron chi connectivity index (χ3n) is 6.04. The predicted molar refractivity (Wildman–Crippen MR) is 144 cm³/mol. The van der Waals surface area contributed by atoms with Crippen LogP contribution in [0.25, 0.3) is 11.4 Å². The highest BCUT2D eigenvalue weighted by Crippen LogP contribution is 2.23. The molecule has 0 spiro atoms. The van der Waals surface area contributed by atoms with E-state index in [0.29, 0.717) is 28.7 Å². The molecule has 0 unspecified atom stereocenters. The lowest BCUT2D eigenvalue weighted by Crippen LogP contribution is -2.46. The second kappa shape index (κ2) is 11.2. The molecule has 37 heavy (non-hydrogen) atoms. The standard InChI is InChI=1S/C27H26N6O3S/c1-2-36-26(35)20-8-11-22(12-9-20)32-14-16-33(17-15-32)23-13-10-21(18-28-23)25(34)30-27-29-24(31-37-27)19-6-4-3-5-7-19/h3-13,18H,2,14-17H2,1H3,(H,29,30,31,34). The fourth-order valence-electron chi connectivity index (χ4n) is 4.07. The van der Waals surface area contributed by atoms with Crippen LogP contribution in [0.2, 0.25) is 0 Å². The molecule has 5 rings (SSSR count). The van der Waals surface area contributed by atoms with Crippen LogP contribution in [0.4, 0.5) is 16.6 Å². The number of ether oxygens (including phenoxy) is 1. The number of piperazine rings is 1. The van der Waals surface area contributed by atoms with Crippen molar-refractivity contribution in [2.45, 2.75) is 6.92 Å². The van der Waals surface area contributed by atoms with Crippen LogP contribution in [0.15, 0.2) is 72.9 Å². The van der Waals surface area contributed by atoms with Gasteiger partial charge in [0, 0.05) is 55.2 Å². The van der Waals surface area contributed by atoms with E-state index in [4.69, 9.17) is 4.74 Å². The third-order valence-corrected chi connectivity index (χ3v) is 6.67. The van der Waals surface area contributed by atoms with Crippen molar-refractivity contribution in [1.29, 1.82) is 0 Å². The number of hydrogen-bond acceptors (Lipinski definition) is 9. The molecule has 1 aliphatic heterocycles. The van der Waals surface area contributed by atoms with Gasteiger partial charge in [-0.25, -0.2) is 9.78 Å². The normalized spacial score (nSPS) is 13.3. The van der Waals surface area contributed by atoms with Crippen molar-refractivity contribution < 1.29 is 14.3 Å². The van der Waals surface area contributed by atoms with Gasteiger partial charge in [-0.2, -0.15) is 9.36 Å². The Balaban J connectivity index is 1.15. The lowest BCUT2D eigenvalue weighted by atomic mass is 10.1. The Morgan fingerprint density at radius 1 is 0.919 bits per heavy atom. The van der Waals surface area contributed by atoms with E-state index in [9.17, 15) is 9.59 Å². The highest BCUT2D eigenvalue weighted by molar-refractivity contribution is 7.10. The fraction of sp³-hybridized carbons (Fsp3) is 0.222. The van der Waals surface area contributed by atoms with Crippen molar-refractivity contribution in [3.8, 4) is 11.4 Å². The topological polar surface area (TPSA) is 101 Å². The first-order valence-corrected chi connectivity index (χ1v) is 12.8. The molecular formula is C27H26N6O3S. The minimum atomic E-state index is -0.303. The van der Waals surface area contributed by atoms with Gasteiger partial charge in [-0.1, -0.05) is 30.3 Å². The second-order valence-corrected chi connectivity index (χ2v) is 9.14. The number of anilines is 3. The first-order valence-electron chi connectivity index (χ1n) is 12.0. The van der Waals surface area contributed by atoms with E-state index in [-0.39, 0.29) is 11.9 Å². The van der Waals surface area contributed by atoms with E-state index >= 15 is 0 Å². The smallest absolute Gasteiger partial charge is 0.338 e. The molecule has 188 valence electrons. The summed E-state index contributed by atoms with van der Waals surface area (Å²) in [5.41, 5.74) is 2.99. The number of esters is 1. The number of benzene rings is 2. The quantitative estimate of drug-likeness (QED) is 0.363. The molecule has 2 aromatic carbocycles. The molecule has 2 aromatic heterocycles. The van der Waals surface area contributed by atoms with E-state index < -0.39 is 0 Å². The van der Waals surface area contributed by atoms with Gasteiger partial charge in [-0.05, 0) is 43.3 Å². The molecule has 1 aliphatic rings. The van der Waals surface area contributed by atoms with Crippen LogP contribution in [0, 0.1) is 0 Å². The summed E-state index contributed by atoms with van der Waals surface area (Å²) in [6, 6.07) is 20.8. The Labute approximate surface area is 218 Å². The first kappa shape index (κ1) is 24.4. The molecule has 4 aromatic rings. The summed E-state index contributed by atoms with van der Waals surface area (Å²) in [6.07, 6.45) is 1.59. The van der Waals surface area contributed by atoms with Gasteiger partial charge in [0.25, 0.3) is 5.91 Å². The van der Waals surface area contributed by atoms with E-state index in [2.05, 4.69) is 29.5 Å². The highest BCUT2D eigenvalue weighted by atomic mass is 32.1. The van der Waals surface area contributed by atoms with Crippen LogP contribution in [0.3, 0.4) is 0 Å². The number of nitrogens with zero attached hydrogens (tertiary/aromatic N) is 5. The summed E-state index contributed by atoms with van der Waals surface area (Å²) in [6.45, 7) is 5.40. The highest BCUT2D eigenvalue weighted by Gasteiger charge is 2.19. The van der Waals surface area contributed by atoms with Gasteiger partial charge in [0.15, 0.2) is 5.82 Å². The molecule has 1 N–H and O–H groups in total. The molecule has 1 fully saturated rings. The minimum Gasteiger partial charge on any atom is -0.462 e. The zero-order valence-corrected chi connectivity index (χ0v) is 21.1. The van der Waals surface area contributed by atoms with Crippen molar-refractivity contribution in [3.05, 3.63) is 84.1 Å². The van der Waals surface area contributed by atoms with Crippen LogP contribution < -0.4 is 15.1 Å². The summed E-state index contributed by atoms with van der Waals surface area (Å²) in [5, 5.41) is 3.25. The number of pyridine rings is 1. The molecular weight excluding hydrogens is 488 g/mol. The average molecular weight is 515 g/mol. The Morgan fingerprint density at radius 2 is 1.62 bits per heavy atom. The van der Waals surface area contributed by atoms with E-state index in [1.165, 1.54) is 0 Å². The molecule has 1 saturated heterocycles. The maximum absolute atomic E-state index is 12.7. The van der Waals surface area contributed by atoms with Gasteiger partial charge >= 0.3 is 5.97 Å². The van der Waals surface area contributed by atoms with Crippen molar-refractivity contribution in [2.75, 3.05) is 47.9 Å². The van der Waals surface area contributed by atoms with Crippen molar-refractivity contribution in [1.82, 2.24) is 14.3 Å². The summed E-state index contributed by atoms with van der Waals surface area (Å²) in [4.78, 5) is 38.0. The van der Waals surface area contributed by atoms with Gasteiger partial charge in [0.2, 0.25) is 5.13 Å². The number of rotatable bonds is 7. The largest absolute Gasteiger partial charge is 0.462 e. The monoisotopic (exact) mass is 514 g/mol. The second-order valence-electron chi connectivity index (χ2n) is 8.39. The summed E-state index contributed by atoms with van der Waals surface area (Å²) in [5.74, 6) is 0.841. The predicted octanol–water partition coefficient (Wildman–Crippen LogP) is 4.36. The summed E-state index contributed by atoms with van der Waals surface area (Å²) >= 11 is 1.15. The Morgan fingerprint density at radius 3 is 2.30 bits per heavy atom. The van der Waals surface area contributed by atoms with Gasteiger partial charge in [0.05, 0.1) is 17.7 Å². The van der Waals surface area contributed by atoms with Crippen LogP contribution >= 0.6 is 11.5 Å². The number of carbonyl (C=O) groups excluding carboxylic acids is 2. The van der Waals surface area contributed by atoms with Crippen LogP contribution in [0.5, 0.6) is 0 Å². The number of hydrogen-bond donors (Lipinski definition) is 1. The molecule has 0 saturated carbocycles. The molecule has 10 heteroatoms. The maximum atomic E-state index is 12.7. The third kappa shape index (κ3) is 5.75. The van der Waals surface area contributed by atoms with Gasteiger partial charge < -0.3 is 14.5 Å².